The van der Waals surface area contributed by atoms with Crippen LogP contribution in [0.4, 0.5) is 8.78 Å². The molecular weight excluding hydrogens is 302 g/mol. The summed E-state index contributed by atoms with van der Waals surface area (Å²) in [6.45, 7) is -0.900. The van der Waals surface area contributed by atoms with Crippen molar-refractivity contribution in [3.63, 3.8) is 0 Å². The van der Waals surface area contributed by atoms with Crippen molar-refractivity contribution in [3.8, 4) is 0 Å². The Kier molecular flexibility index (Phi) is 5.21. The van der Waals surface area contributed by atoms with Crippen LogP contribution in [0.2, 0.25) is 0 Å². The molecule has 0 saturated heterocycles. The molecule has 6 heteroatoms. The number of hydrogen-bond acceptors (Lipinski definition) is 3. The Morgan fingerprint density at radius 1 is 1.56 bits per heavy atom. The molecule has 0 aliphatic heterocycles. The standard InChI is InChI=1S/C10H9BrF2O2S/c1-15-10(14)5-16-9-3-6(11)2-8(13)7(9)4-12/h2-3H,4-5H2,1H3. The summed E-state index contributed by atoms with van der Waals surface area (Å²) in [5.41, 5.74) is -0.0305. The molecule has 1 aromatic rings. The van der Waals surface area contributed by atoms with Gasteiger partial charge in [-0.1, -0.05) is 15.9 Å². The number of carbonyl (C=O) groups is 1. The molecule has 0 atom stereocenters. The number of esters is 1. The maximum absolute atomic E-state index is 13.3. The Balaban J connectivity index is 2.89. The molecular formula is C10H9BrF2O2S. The molecule has 0 spiro atoms. The van der Waals surface area contributed by atoms with Crippen molar-refractivity contribution >= 4 is 33.7 Å². The van der Waals surface area contributed by atoms with Gasteiger partial charge in [-0.25, -0.2) is 8.78 Å². The van der Waals surface area contributed by atoms with Crippen molar-refractivity contribution in [2.24, 2.45) is 0 Å². The third kappa shape index (κ3) is 3.45. The van der Waals surface area contributed by atoms with Gasteiger partial charge in [0.25, 0.3) is 0 Å². The monoisotopic (exact) mass is 310 g/mol. The van der Waals surface area contributed by atoms with E-state index in [1.165, 1.54) is 13.2 Å². The summed E-state index contributed by atoms with van der Waals surface area (Å²) in [7, 11) is 1.26. The molecule has 0 saturated carbocycles. The van der Waals surface area contributed by atoms with Crippen molar-refractivity contribution in [2.75, 3.05) is 12.9 Å². The molecule has 0 fully saturated rings. The lowest BCUT2D eigenvalue weighted by molar-refractivity contribution is -0.137. The van der Waals surface area contributed by atoms with E-state index < -0.39 is 18.5 Å². The molecule has 1 rings (SSSR count). The van der Waals surface area contributed by atoms with Gasteiger partial charge in [-0.05, 0) is 12.1 Å². The molecule has 1 aromatic carbocycles. The Hall–Kier alpha value is -0.620. The van der Waals surface area contributed by atoms with Gasteiger partial charge >= 0.3 is 5.97 Å². The maximum Gasteiger partial charge on any atom is 0.315 e. The van der Waals surface area contributed by atoms with E-state index in [9.17, 15) is 13.6 Å². The van der Waals surface area contributed by atoms with Crippen molar-refractivity contribution in [1.29, 1.82) is 0 Å². The third-order valence-electron chi connectivity index (χ3n) is 1.83. The summed E-state index contributed by atoms with van der Waals surface area (Å²) in [6, 6.07) is 2.77. The Morgan fingerprint density at radius 2 is 2.25 bits per heavy atom. The van der Waals surface area contributed by atoms with E-state index in [-0.39, 0.29) is 11.3 Å². The van der Waals surface area contributed by atoms with Crippen LogP contribution in [-0.2, 0) is 16.2 Å². The zero-order valence-electron chi connectivity index (χ0n) is 8.43. The van der Waals surface area contributed by atoms with Crippen LogP contribution >= 0.6 is 27.7 Å². The normalized spacial score (nSPS) is 10.2. The zero-order valence-corrected chi connectivity index (χ0v) is 10.8. The minimum Gasteiger partial charge on any atom is -0.468 e. The van der Waals surface area contributed by atoms with Gasteiger partial charge in [0.15, 0.2) is 0 Å². The summed E-state index contributed by atoms with van der Waals surface area (Å²) in [4.78, 5) is 11.3. The minimum atomic E-state index is -0.900. The van der Waals surface area contributed by atoms with E-state index in [2.05, 4.69) is 20.7 Å². The number of carbonyl (C=O) groups excluding carboxylic acids is 1. The molecule has 0 bridgehead atoms. The molecule has 2 nitrogen and oxygen atoms in total. The minimum absolute atomic E-state index is 0.0272. The van der Waals surface area contributed by atoms with E-state index >= 15 is 0 Å². The Bertz CT molecular complexity index is 399. The maximum atomic E-state index is 13.3. The second-order valence-electron chi connectivity index (χ2n) is 2.86. The summed E-state index contributed by atoms with van der Waals surface area (Å²) >= 11 is 4.16. The molecule has 0 N–H and O–H groups in total. The van der Waals surface area contributed by atoms with Crippen molar-refractivity contribution < 1.29 is 18.3 Å². The predicted molar refractivity (Wildman–Crippen MR) is 61.7 cm³/mol. The lowest BCUT2D eigenvalue weighted by Gasteiger charge is -2.07. The molecule has 0 amide bonds. The number of hydrogen-bond donors (Lipinski definition) is 0. The second kappa shape index (κ2) is 6.20. The molecule has 0 radical (unpaired) electrons. The fourth-order valence-electron chi connectivity index (χ4n) is 1.03. The van der Waals surface area contributed by atoms with Gasteiger partial charge in [0.2, 0.25) is 0 Å². The van der Waals surface area contributed by atoms with Gasteiger partial charge in [0, 0.05) is 14.9 Å². The number of methoxy groups -OCH3 is 1. The van der Waals surface area contributed by atoms with Crippen molar-refractivity contribution in [1.82, 2.24) is 0 Å². The first kappa shape index (κ1) is 13.4. The van der Waals surface area contributed by atoms with E-state index in [1.807, 2.05) is 0 Å². The van der Waals surface area contributed by atoms with Gasteiger partial charge in [-0.15, -0.1) is 11.8 Å². The Labute approximate surface area is 104 Å². The van der Waals surface area contributed by atoms with Gasteiger partial charge in [0.1, 0.15) is 12.5 Å². The van der Waals surface area contributed by atoms with Gasteiger partial charge < -0.3 is 4.74 Å². The average molecular weight is 311 g/mol. The summed E-state index contributed by atoms with van der Waals surface area (Å²) < 4.78 is 30.9. The highest BCUT2D eigenvalue weighted by Gasteiger charge is 2.12. The van der Waals surface area contributed by atoms with Crippen molar-refractivity contribution in [3.05, 3.63) is 28.0 Å². The van der Waals surface area contributed by atoms with Crippen LogP contribution in [0.25, 0.3) is 0 Å². The van der Waals surface area contributed by atoms with E-state index in [1.54, 1.807) is 6.07 Å². The van der Waals surface area contributed by atoms with Gasteiger partial charge in [-0.2, -0.15) is 0 Å². The molecule has 0 unspecified atom stereocenters. The first-order chi connectivity index (χ1) is 7.58. The van der Waals surface area contributed by atoms with Crippen LogP contribution < -0.4 is 0 Å². The van der Waals surface area contributed by atoms with Crippen LogP contribution in [0, 0.1) is 5.82 Å². The SMILES string of the molecule is COC(=O)CSc1cc(Br)cc(F)c1CF. The lowest BCUT2D eigenvalue weighted by Crippen LogP contribution is -2.03. The largest absolute Gasteiger partial charge is 0.468 e. The van der Waals surface area contributed by atoms with Crippen LogP contribution in [0.1, 0.15) is 5.56 Å². The molecule has 0 aromatic heterocycles. The number of rotatable bonds is 4. The van der Waals surface area contributed by atoms with Crippen LogP contribution in [0.15, 0.2) is 21.5 Å². The number of ether oxygens (including phenoxy) is 1. The number of halogens is 3. The first-order valence-corrected chi connectivity index (χ1v) is 6.09. The number of thioether (sulfide) groups is 1. The molecule has 0 aliphatic rings. The van der Waals surface area contributed by atoms with Crippen LogP contribution in [-0.4, -0.2) is 18.8 Å². The van der Waals surface area contributed by atoms with Crippen molar-refractivity contribution in [2.45, 2.75) is 11.6 Å². The summed E-state index contributed by atoms with van der Waals surface area (Å²) in [5, 5.41) is 0. The summed E-state index contributed by atoms with van der Waals surface area (Å²) in [5.74, 6) is -1.03. The highest BCUT2D eigenvalue weighted by Crippen LogP contribution is 2.29. The predicted octanol–water partition coefficient (Wildman–Crippen LogP) is 3.32. The Morgan fingerprint density at radius 3 is 2.81 bits per heavy atom. The fourth-order valence-corrected chi connectivity index (χ4v) is 2.54. The van der Waals surface area contributed by atoms with Gasteiger partial charge in [-0.3, -0.25) is 4.79 Å². The second-order valence-corrected chi connectivity index (χ2v) is 4.80. The number of benzene rings is 1. The fraction of sp³-hybridized carbons (Fsp3) is 0.300. The molecule has 88 valence electrons. The smallest absolute Gasteiger partial charge is 0.315 e. The van der Waals surface area contributed by atoms with Crippen LogP contribution in [0.3, 0.4) is 0 Å². The van der Waals surface area contributed by atoms with E-state index in [4.69, 9.17) is 0 Å². The van der Waals surface area contributed by atoms with E-state index in [0.717, 1.165) is 11.8 Å². The van der Waals surface area contributed by atoms with Gasteiger partial charge in [0.05, 0.1) is 12.9 Å². The topological polar surface area (TPSA) is 26.3 Å². The molecule has 0 aliphatic carbocycles. The summed E-state index contributed by atoms with van der Waals surface area (Å²) in [6.07, 6.45) is 0. The highest BCUT2D eigenvalue weighted by atomic mass is 79.9. The highest BCUT2D eigenvalue weighted by molar-refractivity contribution is 9.10. The zero-order chi connectivity index (χ0) is 12.1. The third-order valence-corrected chi connectivity index (χ3v) is 3.34. The number of alkyl halides is 1. The van der Waals surface area contributed by atoms with Crippen LogP contribution in [0.5, 0.6) is 0 Å². The molecule has 16 heavy (non-hydrogen) atoms. The molecule has 0 heterocycles. The van der Waals surface area contributed by atoms with E-state index in [0.29, 0.717) is 9.37 Å². The average Bonchev–Trinajstić information content (AvgIpc) is 2.25. The first-order valence-electron chi connectivity index (χ1n) is 4.32. The quantitative estimate of drug-likeness (QED) is 0.630. The lowest BCUT2D eigenvalue weighted by atomic mass is 10.2.